The summed E-state index contributed by atoms with van der Waals surface area (Å²) in [4.78, 5) is 12.3. The Morgan fingerprint density at radius 2 is 1.54 bits per heavy atom. The predicted molar refractivity (Wildman–Crippen MR) is 116 cm³/mol. The van der Waals surface area contributed by atoms with Gasteiger partial charge in [0.2, 0.25) is 0 Å². The summed E-state index contributed by atoms with van der Waals surface area (Å²) in [5, 5.41) is 0. The van der Waals surface area contributed by atoms with Crippen molar-refractivity contribution >= 4 is 17.2 Å². The Bertz CT molecular complexity index is 1040. The number of likely N-dealkylation sites (N-methyl/N-ethyl adjacent to an activating group) is 1. The van der Waals surface area contributed by atoms with E-state index in [0.29, 0.717) is 0 Å². The Morgan fingerprint density at radius 3 is 2.32 bits per heavy atom. The number of hydrogen-bond donors (Lipinski definition) is 0. The van der Waals surface area contributed by atoms with E-state index in [0.717, 1.165) is 37.8 Å². The molecule has 28 heavy (non-hydrogen) atoms. The molecular weight excluding hydrogens is 346 g/mol. The topological polar surface area (TPSA) is 27.5 Å². The quantitative estimate of drug-likeness (QED) is 0.645. The molecule has 3 aromatic rings. The molecule has 0 spiro atoms. The first-order valence-electron chi connectivity index (χ1n) is 10.0. The largest absolute Gasteiger partial charge is 0.353 e. The molecule has 3 heterocycles. The lowest BCUT2D eigenvalue weighted by Crippen LogP contribution is -2.44. The Hall–Kier alpha value is -2.79. The van der Waals surface area contributed by atoms with Gasteiger partial charge < -0.3 is 14.7 Å². The molecule has 1 aromatic heterocycles. The van der Waals surface area contributed by atoms with Gasteiger partial charge in [-0.15, -0.1) is 0 Å². The maximum atomic E-state index is 5.22. The van der Waals surface area contributed by atoms with Gasteiger partial charge in [0.15, 0.2) is 5.82 Å². The molecule has 1 saturated heterocycles. The first kappa shape index (κ1) is 17.3. The number of para-hydroxylation sites is 2. The van der Waals surface area contributed by atoms with Gasteiger partial charge in [-0.1, -0.05) is 24.3 Å². The first-order valence-corrected chi connectivity index (χ1v) is 10.0. The van der Waals surface area contributed by atoms with Crippen molar-refractivity contribution in [1.29, 1.82) is 0 Å². The molecule has 144 valence electrons. The number of piperazine rings is 1. The van der Waals surface area contributed by atoms with Crippen LogP contribution in [-0.2, 0) is 0 Å². The highest BCUT2D eigenvalue weighted by Gasteiger charge is 2.29. The molecule has 0 aliphatic carbocycles. The summed E-state index contributed by atoms with van der Waals surface area (Å²) in [7, 11) is 4.35. The summed E-state index contributed by atoms with van der Waals surface area (Å²) >= 11 is 0. The maximum absolute atomic E-state index is 5.22. The smallest absolute Gasteiger partial charge is 0.151 e. The van der Waals surface area contributed by atoms with Gasteiger partial charge >= 0.3 is 0 Å². The molecule has 0 N–H and O–H groups in total. The fourth-order valence-electron chi connectivity index (χ4n) is 4.55. The molecule has 5 nitrogen and oxygen atoms in total. The lowest BCUT2D eigenvalue weighted by molar-refractivity contribution is 0.312. The van der Waals surface area contributed by atoms with Crippen LogP contribution in [0.5, 0.6) is 0 Å². The normalized spacial score (nSPS) is 16.4. The summed E-state index contributed by atoms with van der Waals surface area (Å²) in [5.74, 6) is 2.17. The van der Waals surface area contributed by atoms with E-state index in [9.17, 15) is 0 Å². The van der Waals surface area contributed by atoms with E-state index in [1.807, 2.05) is 0 Å². The van der Waals surface area contributed by atoms with E-state index < -0.39 is 0 Å². The van der Waals surface area contributed by atoms with E-state index in [4.69, 9.17) is 4.98 Å². The van der Waals surface area contributed by atoms with Gasteiger partial charge in [-0.05, 0) is 44.7 Å². The first-order chi connectivity index (χ1) is 13.6. The summed E-state index contributed by atoms with van der Waals surface area (Å²) in [6.07, 6.45) is 0. The Labute approximate surface area is 166 Å². The zero-order valence-electron chi connectivity index (χ0n) is 17.1. The van der Waals surface area contributed by atoms with Crippen LogP contribution in [0.25, 0.3) is 17.1 Å². The van der Waals surface area contributed by atoms with Crippen LogP contribution in [0.4, 0.5) is 17.2 Å². The second kappa shape index (κ2) is 6.38. The minimum Gasteiger partial charge on any atom is -0.353 e. The van der Waals surface area contributed by atoms with Crippen LogP contribution >= 0.6 is 0 Å². The van der Waals surface area contributed by atoms with Gasteiger partial charge in [-0.2, -0.15) is 0 Å². The minimum absolute atomic E-state index is 1.02. The minimum atomic E-state index is 1.02. The van der Waals surface area contributed by atoms with Gasteiger partial charge in [-0.25, -0.2) is 4.98 Å². The van der Waals surface area contributed by atoms with E-state index in [2.05, 4.69) is 89.7 Å². The van der Waals surface area contributed by atoms with Crippen LogP contribution in [-0.4, -0.2) is 54.7 Å². The zero-order valence-corrected chi connectivity index (χ0v) is 17.1. The van der Waals surface area contributed by atoms with E-state index in [1.54, 1.807) is 0 Å². The lowest BCUT2D eigenvalue weighted by atomic mass is 10.1. The molecule has 0 bridgehead atoms. The second-order valence-corrected chi connectivity index (χ2v) is 7.99. The Morgan fingerprint density at radius 1 is 0.821 bits per heavy atom. The van der Waals surface area contributed by atoms with Gasteiger partial charge in [0.1, 0.15) is 5.82 Å². The average Bonchev–Trinajstić information content (AvgIpc) is 2.99. The molecule has 0 atom stereocenters. The van der Waals surface area contributed by atoms with Gasteiger partial charge in [0.25, 0.3) is 0 Å². The second-order valence-electron chi connectivity index (χ2n) is 7.99. The highest BCUT2D eigenvalue weighted by atomic mass is 15.3. The molecule has 2 aromatic carbocycles. The molecule has 0 saturated carbocycles. The number of benzene rings is 2. The summed E-state index contributed by atoms with van der Waals surface area (Å²) in [5.41, 5.74) is 7.33. The monoisotopic (exact) mass is 373 g/mol. The van der Waals surface area contributed by atoms with Gasteiger partial charge in [0, 0.05) is 38.8 Å². The number of rotatable bonds is 1. The third kappa shape index (κ3) is 2.46. The average molecular weight is 374 g/mol. The molecule has 0 amide bonds. The van der Waals surface area contributed by atoms with Crippen LogP contribution in [0, 0.1) is 13.8 Å². The standard InChI is InChI=1S/C23H27N5/c1-16-8-7-11-20-21(16)28-17(2)22(27-14-12-25(3)13-15-27)24-23(28)18-9-5-6-10-19(18)26(20)4/h5-11H,12-15H2,1-4H3. The maximum Gasteiger partial charge on any atom is 0.151 e. The summed E-state index contributed by atoms with van der Waals surface area (Å²) in [6.45, 7) is 8.62. The van der Waals surface area contributed by atoms with Crippen LogP contribution in [0.3, 0.4) is 0 Å². The number of hydrogen-bond acceptors (Lipinski definition) is 4. The number of anilines is 3. The fraction of sp³-hybridized carbons (Fsp3) is 0.348. The van der Waals surface area contributed by atoms with E-state index >= 15 is 0 Å². The van der Waals surface area contributed by atoms with Crippen molar-refractivity contribution < 1.29 is 0 Å². The summed E-state index contributed by atoms with van der Waals surface area (Å²) in [6, 6.07) is 15.2. The van der Waals surface area contributed by atoms with Crippen LogP contribution in [0.1, 0.15) is 11.3 Å². The predicted octanol–water partition coefficient (Wildman–Crippen LogP) is 3.99. The number of aryl methyl sites for hydroxylation is 1. The Kier molecular flexibility index (Phi) is 3.95. The van der Waals surface area contributed by atoms with Crippen LogP contribution < -0.4 is 9.80 Å². The van der Waals surface area contributed by atoms with Crippen LogP contribution in [0.15, 0.2) is 42.5 Å². The highest BCUT2D eigenvalue weighted by molar-refractivity contribution is 5.88. The summed E-state index contributed by atoms with van der Waals surface area (Å²) < 4.78 is 2.38. The molecule has 2 aliphatic rings. The molecule has 2 aliphatic heterocycles. The molecule has 0 unspecified atom stereocenters. The third-order valence-electron chi connectivity index (χ3n) is 6.19. The van der Waals surface area contributed by atoms with Crippen molar-refractivity contribution in [3.63, 3.8) is 0 Å². The van der Waals surface area contributed by atoms with Crippen molar-refractivity contribution in [2.45, 2.75) is 13.8 Å². The molecule has 5 rings (SSSR count). The van der Waals surface area contributed by atoms with Crippen molar-refractivity contribution in [3.8, 4) is 17.1 Å². The van der Waals surface area contributed by atoms with Crippen molar-refractivity contribution in [1.82, 2.24) is 14.5 Å². The SMILES string of the molecule is Cc1cccc2c1-n1c(nc(N3CCN(C)CC3)c1C)-c1ccccc1N2C. The third-order valence-corrected chi connectivity index (χ3v) is 6.19. The van der Waals surface area contributed by atoms with Gasteiger partial charge in [-0.3, -0.25) is 4.57 Å². The van der Waals surface area contributed by atoms with Crippen molar-refractivity contribution in [2.75, 3.05) is 50.1 Å². The lowest BCUT2D eigenvalue weighted by Gasteiger charge is -2.33. The van der Waals surface area contributed by atoms with E-state index in [1.165, 1.54) is 33.9 Å². The number of nitrogens with zero attached hydrogens (tertiary/aromatic N) is 5. The van der Waals surface area contributed by atoms with E-state index in [-0.39, 0.29) is 0 Å². The number of aromatic nitrogens is 2. The zero-order chi connectivity index (χ0) is 19.4. The van der Waals surface area contributed by atoms with Gasteiger partial charge in [0.05, 0.1) is 22.8 Å². The van der Waals surface area contributed by atoms with Crippen molar-refractivity contribution in [2.24, 2.45) is 0 Å². The van der Waals surface area contributed by atoms with Crippen molar-refractivity contribution in [3.05, 3.63) is 53.7 Å². The Balaban J connectivity index is 1.78. The highest BCUT2D eigenvalue weighted by Crippen LogP contribution is 2.44. The molecule has 5 heteroatoms. The molecule has 1 fully saturated rings. The molecular formula is C23H27N5. The number of imidazole rings is 1. The number of fused-ring (bicyclic) bond motifs is 5. The molecule has 0 radical (unpaired) electrons. The fourth-order valence-corrected chi connectivity index (χ4v) is 4.55. The van der Waals surface area contributed by atoms with Crippen LogP contribution in [0.2, 0.25) is 0 Å².